The molecule has 3 amide bonds. The van der Waals surface area contributed by atoms with Gasteiger partial charge in [-0.3, -0.25) is 9.80 Å². The zero-order chi connectivity index (χ0) is 20.8. The van der Waals surface area contributed by atoms with E-state index in [9.17, 15) is 9.59 Å². The Morgan fingerprint density at radius 3 is 2.41 bits per heavy atom. The van der Waals surface area contributed by atoms with Crippen molar-refractivity contribution in [3.8, 4) is 6.07 Å². The Balaban J connectivity index is 3.07. The number of unbranched alkanes of at least 4 members (excludes halogenated alkanes) is 1. The molecular formula is C20H37N5O2. The molecule has 7 nitrogen and oxygen atoms in total. The van der Waals surface area contributed by atoms with E-state index in [4.69, 9.17) is 5.26 Å². The van der Waals surface area contributed by atoms with Crippen LogP contribution in [0.3, 0.4) is 0 Å². The molecule has 154 valence electrons. The molecule has 0 aromatic carbocycles. The normalized spacial score (nSPS) is 21.1. The maximum Gasteiger partial charge on any atom is 0.335 e. The first-order valence-electron chi connectivity index (χ1n) is 10.1. The lowest BCUT2D eigenvalue weighted by molar-refractivity contribution is -0.126. The fourth-order valence-corrected chi connectivity index (χ4v) is 3.47. The van der Waals surface area contributed by atoms with E-state index in [-0.39, 0.29) is 29.3 Å². The van der Waals surface area contributed by atoms with Crippen LogP contribution in [-0.2, 0) is 4.79 Å². The number of nitrogens with zero attached hydrogens (tertiary/aromatic N) is 3. The lowest BCUT2D eigenvalue weighted by Gasteiger charge is -2.37. The molecular weight excluding hydrogens is 342 g/mol. The average molecular weight is 380 g/mol. The molecule has 1 saturated heterocycles. The van der Waals surface area contributed by atoms with E-state index in [0.29, 0.717) is 13.1 Å². The topological polar surface area (TPSA) is 88.5 Å². The van der Waals surface area contributed by atoms with Gasteiger partial charge in [0.25, 0.3) is 0 Å². The minimum Gasteiger partial charge on any atom is -0.339 e. The second kappa shape index (κ2) is 9.93. The summed E-state index contributed by atoms with van der Waals surface area (Å²) in [6.45, 7) is 15.1. The third-order valence-corrected chi connectivity index (χ3v) is 4.80. The van der Waals surface area contributed by atoms with Gasteiger partial charge in [0.2, 0.25) is 5.91 Å². The van der Waals surface area contributed by atoms with E-state index in [1.807, 2.05) is 26.8 Å². The van der Waals surface area contributed by atoms with Gasteiger partial charge in [-0.05, 0) is 52.4 Å². The molecule has 1 aliphatic heterocycles. The van der Waals surface area contributed by atoms with Crippen molar-refractivity contribution in [3.63, 3.8) is 0 Å². The molecule has 1 aliphatic rings. The molecule has 0 aromatic rings. The number of carbonyl (C=O) groups excluding carboxylic acids is 2. The predicted molar refractivity (Wildman–Crippen MR) is 107 cm³/mol. The first-order chi connectivity index (χ1) is 12.5. The van der Waals surface area contributed by atoms with Crippen LogP contribution >= 0.6 is 0 Å². The van der Waals surface area contributed by atoms with Crippen molar-refractivity contribution in [2.45, 2.75) is 85.4 Å². The summed E-state index contributed by atoms with van der Waals surface area (Å²) in [7, 11) is 0. The summed E-state index contributed by atoms with van der Waals surface area (Å²) in [5.74, 6) is 0.123. The fourth-order valence-electron chi connectivity index (χ4n) is 3.47. The molecule has 1 fully saturated rings. The monoisotopic (exact) mass is 379 g/mol. The molecule has 1 rings (SSSR count). The van der Waals surface area contributed by atoms with E-state index in [2.05, 4.69) is 31.5 Å². The first kappa shape index (κ1) is 23.2. The Labute approximate surface area is 164 Å². The number of hydrogen-bond donors (Lipinski definition) is 2. The van der Waals surface area contributed by atoms with Crippen molar-refractivity contribution in [1.29, 1.82) is 5.26 Å². The largest absolute Gasteiger partial charge is 0.339 e. The van der Waals surface area contributed by atoms with Gasteiger partial charge in [0.15, 0.2) is 0 Å². The van der Waals surface area contributed by atoms with Gasteiger partial charge in [0, 0.05) is 18.6 Å². The first-order valence-corrected chi connectivity index (χ1v) is 10.1. The van der Waals surface area contributed by atoms with Crippen LogP contribution in [0, 0.1) is 23.2 Å². The van der Waals surface area contributed by atoms with E-state index in [1.165, 1.54) is 0 Å². The number of amides is 3. The zero-order valence-electron chi connectivity index (χ0n) is 18.0. The number of likely N-dealkylation sites (tertiary alicyclic amines) is 1. The molecule has 0 saturated carbocycles. The number of rotatable bonds is 7. The summed E-state index contributed by atoms with van der Waals surface area (Å²) in [6.07, 6.45) is 2.66. The highest BCUT2D eigenvalue weighted by Gasteiger charge is 2.44. The standard InChI is InChI=1S/C20H37N5O2/c1-8-9-11-25(23-20(5,6)7)19(27)24-12-10-16(14(2)3)17(24)18(26)22-15(4)13-21/h14-17,23H,8-12H2,1-7H3,(H,22,26)/t15?,16-,17?/m1/s1. The Kier molecular flexibility index (Phi) is 8.55. The molecule has 2 N–H and O–H groups in total. The van der Waals surface area contributed by atoms with Crippen LogP contribution in [0.15, 0.2) is 0 Å². The Hall–Kier alpha value is -1.81. The number of carbonyl (C=O) groups is 2. The van der Waals surface area contributed by atoms with Gasteiger partial charge in [-0.2, -0.15) is 5.26 Å². The molecule has 1 heterocycles. The molecule has 0 radical (unpaired) electrons. The van der Waals surface area contributed by atoms with Gasteiger partial charge in [-0.1, -0.05) is 27.2 Å². The van der Waals surface area contributed by atoms with E-state index >= 15 is 0 Å². The average Bonchev–Trinajstić information content (AvgIpc) is 3.02. The zero-order valence-corrected chi connectivity index (χ0v) is 18.0. The second-order valence-corrected chi connectivity index (χ2v) is 8.84. The van der Waals surface area contributed by atoms with Crippen molar-refractivity contribution < 1.29 is 9.59 Å². The molecule has 0 bridgehead atoms. The number of nitriles is 1. The van der Waals surface area contributed by atoms with Crippen LogP contribution in [0.1, 0.15) is 67.7 Å². The summed E-state index contributed by atoms with van der Waals surface area (Å²) in [5.41, 5.74) is 3.02. The maximum atomic E-state index is 13.3. The molecule has 7 heteroatoms. The molecule has 2 unspecified atom stereocenters. The molecule has 3 atom stereocenters. The quantitative estimate of drug-likeness (QED) is 0.666. The summed E-state index contributed by atoms with van der Waals surface area (Å²) in [6, 6.07) is 0.751. The molecule has 0 spiro atoms. The van der Waals surface area contributed by atoms with Crippen molar-refractivity contribution in [1.82, 2.24) is 20.7 Å². The van der Waals surface area contributed by atoms with Gasteiger partial charge in [0.1, 0.15) is 12.1 Å². The number of hydrazine groups is 1. The van der Waals surface area contributed by atoms with Gasteiger partial charge < -0.3 is 10.2 Å². The third-order valence-electron chi connectivity index (χ3n) is 4.80. The highest BCUT2D eigenvalue weighted by molar-refractivity contribution is 5.88. The molecule has 0 aromatic heterocycles. The predicted octanol–water partition coefficient (Wildman–Crippen LogP) is 2.89. The van der Waals surface area contributed by atoms with Crippen molar-refractivity contribution in [3.05, 3.63) is 0 Å². The van der Waals surface area contributed by atoms with Crippen molar-refractivity contribution >= 4 is 11.9 Å². The van der Waals surface area contributed by atoms with Crippen LogP contribution in [-0.4, -0.2) is 52.6 Å². The Morgan fingerprint density at radius 1 is 1.30 bits per heavy atom. The number of urea groups is 1. The smallest absolute Gasteiger partial charge is 0.335 e. The van der Waals surface area contributed by atoms with Crippen LogP contribution in [0.2, 0.25) is 0 Å². The molecule has 27 heavy (non-hydrogen) atoms. The van der Waals surface area contributed by atoms with Crippen LogP contribution in [0.4, 0.5) is 4.79 Å². The van der Waals surface area contributed by atoms with Crippen LogP contribution in [0.25, 0.3) is 0 Å². The van der Waals surface area contributed by atoms with E-state index in [1.54, 1.807) is 16.8 Å². The Morgan fingerprint density at radius 2 is 1.93 bits per heavy atom. The fraction of sp³-hybridized carbons (Fsp3) is 0.850. The van der Waals surface area contributed by atoms with Crippen molar-refractivity contribution in [2.75, 3.05) is 13.1 Å². The summed E-state index contributed by atoms with van der Waals surface area (Å²) < 4.78 is 0. The maximum absolute atomic E-state index is 13.3. The van der Waals surface area contributed by atoms with Gasteiger partial charge in [-0.15, -0.1) is 0 Å². The van der Waals surface area contributed by atoms with E-state index < -0.39 is 12.1 Å². The summed E-state index contributed by atoms with van der Waals surface area (Å²) in [5, 5.41) is 13.4. The van der Waals surface area contributed by atoms with Crippen LogP contribution < -0.4 is 10.7 Å². The lowest BCUT2D eigenvalue weighted by atomic mass is 9.88. The number of nitrogens with one attached hydrogen (secondary N) is 2. The Bertz CT molecular complexity index is 550. The lowest BCUT2D eigenvalue weighted by Crippen LogP contribution is -2.59. The summed E-state index contributed by atoms with van der Waals surface area (Å²) >= 11 is 0. The minimum atomic E-state index is -0.577. The highest BCUT2D eigenvalue weighted by Crippen LogP contribution is 2.31. The van der Waals surface area contributed by atoms with Gasteiger partial charge in [-0.25, -0.2) is 10.2 Å². The van der Waals surface area contributed by atoms with Crippen LogP contribution in [0.5, 0.6) is 0 Å². The SMILES string of the molecule is CCCCN(NC(C)(C)C)C(=O)N1CC[C@H](C(C)C)C1C(=O)NC(C)C#N. The highest BCUT2D eigenvalue weighted by atomic mass is 16.2. The second-order valence-electron chi connectivity index (χ2n) is 8.84. The third kappa shape index (κ3) is 6.69. The number of hydrogen-bond acceptors (Lipinski definition) is 4. The molecule has 0 aliphatic carbocycles. The minimum absolute atomic E-state index is 0.0857. The van der Waals surface area contributed by atoms with Gasteiger partial charge >= 0.3 is 6.03 Å². The van der Waals surface area contributed by atoms with E-state index in [0.717, 1.165) is 19.3 Å². The van der Waals surface area contributed by atoms with Gasteiger partial charge in [0.05, 0.1) is 6.07 Å². The summed E-state index contributed by atoms with van der Waals surface area (Å²) in [4.78, 5) is 27.9. The van der Waals surface area contributed by atoms with Crippen molar-refractivity contribution in [2.24, 2.45) is 11.8 Å².